The number of piperidine rings is 1. The van der Waals surface area contributed by atoms with Crippen molar-refractivity contribution in [1.29, 1.82) is 0 Å². The van der Waals surface area contributed by atoms with Gasteiger partial charge in [0.25, 0.3) is 0 Å². The molecule has 2 aliphatic rings. The SMILES string of the molecule is CC(C)(CN)C(=O)NC[C@@]12CNC[C@]1(C(F)(F)F)C2. The maximum absolute atomic E-state index is 13.1. The van der Waals surface area contributed by atoms with Crippen LogP contribution in [0.4, 0.5) is 13.2 Å². The van der Waals surface area contributed by atoms with E-state index in [-0.39, 0.29) is 32.0 Å². The molecular weight excluding hydrogens is 259 g/mol. The lowest BCUT2D eigenvalue weighted by Gasteiger charge is -2.25. The first-order valence-corrected chi connectivity index (χ1v) is 6.36. The minimum atomic E-state index is -4.22. The van der Waals surface area contributed by atoms with Gasteiger partial charge in [-0.2, -0.15) is 13.2 Å². The Morgan fingerprint density at radius 2 is 2.00 bits per heavy atom. The molecule has 0 aromatic heterocycles. The molecule has 1 aliphatic heterocycles. The molecular formula is C12H20F3N3O. The Kier molecular flexibility index (Phi) is 3.14. The highest BCUT2D eigenvalue weighted by molar-refractivity contribution is 5.82. The second kappa shape index (κ2) is 4.09. The maximum Gasteiger partial charge on any atom is 0.396 e. The lowest BCUT2D eigenvalue weighted by molar-refractivity contribution is -0.190. The molecule has 0 bridgehead atoms. The average molecular weight is 279 g/mol. The molecule has 4 nitrogen and oxygen atoms in total. The van der Waals surface area contributed by atoms with Gasteiger partial charge in [-0.1, -0.05) is 0 Å². The number of nitrogens with two attached hydrogens (primary N) is 1. The van der Waals surface area contributed by atoms with E-state index in [2.05, 4.69) is 10.6 Å². The van der Waals surface area contributed by atoms with Crippen LogP contribution in [-0.4, -0.2) is 38.3 Å². The fourth-order valence-corrected chi connectivity index (χ4v) is 2.91. The Hall–Kier alpha value is -0.820. The molecule has 0 unspecified atom stereocenters. The smallest absolute Gasteiger partial charge is 0.355 e. The summed E-state index contributed by atoms with van der Waals surface area (Å²) in [5, 5.41) is 5.43. The van der Waals surface area contributed by atoms with Crippen molar-refractivity contribution >= 4 is 5.91 Å². The second-order valence-electron chi connectivity index (χ2n) is 6.41. The van der Waals surface area contributed by atoms with E-state index in [4.69, 9.17) is 5.73 Å². The van der Waals surface area contributed by atoms with E-state index in [0.717, 1.165) is 0 Å². The van der Waals surface area contributed by atoms with Crippen LogP contribution in [0.2, 0.25) is 0 Å². The van der Waals surface area contributed by atoms with Gasteiger partial charge in [-0.25, -0.2) is 0 Å². The van der Waals surface area contributed by atoms with E-state index in [1.165, 1.54) is 0 Å². The van der Waals surface area contributed by atoms with Crippen LogP contribution in [0.1, 0.15) is 20.3 Å². The first-order chi connectivity index (χ1) is 8.60. The van der Waals surface area contributed by atoms with Crippen molar-refractivity contribution in [2.75, 3.05) is 26.2 Å². The fraction of sp³-hybridized carbons (Fsp3) is 0.917. The third-order valence-corrected chi connectivity index (χ3v) is 4.68. The summed E-state index contributed by atoms with van der Waals surface area (Å²) in [6.45, 7) is 3.83. The molecule has 0 aromatic rings. The lowest BCUT2D eigenvalue weighted by Crippen LogP contribution is -2.45. The monoisotopic (exact) mass is 279 g/mol. The Morgan fingerprint density at radius 1 is 1.37 bits per heavy atom. The Morgan fingerprint density at radius 3 is 2.47 bits per heavy atom. The van der Waals surface area contributed by atoms with Gasteiger partial charge < -0.3 is 16.4 Å². The molecule has 4 N–H and O–H groups in total. The number of hydrogen-bond acceptors (Lipinski definition) is 3. The molecule has 0 aromatic carbocycles. The third kappa shape index (κ3) is 2.03. The molecule has 19 heavy (non-hydrogen) atoms. The fourth-order valence-electron chi connectivity index (χ4n) is 2.91. The molecule has 1 amide bonds. The summed E-state index contributed by atoms with van der Waals surface area (Å²) in [4.78, 5) is 11.9. The molecule has 0 radical (unpaired) electrons. The predicted octanol–water partition coefficient (Wildman–Crippen LogP) is 0.629. The lowest BCUT2D eigenvalue weighted by atomic mass is 9.91. The molecule has 2 rings (SSSR count). The summed E-state index contributed by atoms with van der Waals surface area (Å²) in [5.74, 6) is -0.292. The van der Waals surface area contributed by atoms with E-state index in [0.29, 0.717) is 6.54 Å². The standard InChI is InChI=1S/C12H20F3N3O/c1-9(2,4-16)8(19)18-6-10-3-11(10,7-17-5-10)12(13,14)15/h17H,3-7,16H2,1-2H3,(H,18,19)/t10-,11-/m1/s1. The number of carbonyl (C=O) groups excluding carboxylic acids is 1. The van der Waals surface area contributed by atoms with Crippen LogP contribution in [-0.2, 0) is 4.79 Å². The van der Waals surface area contributed by atoms with Crippen molar-refractivity contribution in [3.8, 4) is 0 Å². The summed E-state index contributed by atoms with van der Waals surface area (Å²) in [6.07, 6.45) is -4.12. The van der Waals surface area contributed by atoms with Crippen LogP contribution in [0.5, 0.6) is 0 Å². The second-order valence-corrected chi connectivity index (χ2v) is 6.41. The molecule has 7 heteroatoms. The summed E-state index contributed by atoms with van der Waals surface area (Å²) < 4.78 is 39.3. The van der Waals surface area contributed by atoms with E-state index >= 15 is 0 Å². The average Bonchev–Trinajstić information content (AvgIpc) is 2.84. The number of halogens is 3. The summed E-state index contributed by atoms with van der Waals surface area (Å²) >= 11 is 0. The first-order valence-electron chi connectivity index (χ1n) is 6.36. The number of hydrogen-bond donors (Lipinski definition) is 3. The normalized spacial score (nSPS) is 34.0. The van der Waals surface area contributed by atoms with Crippen LogP contribution in [0.15, 0.2) is 0 Å². The van der Waals surface area contributed by atoms with Gasteiger partial charge >= 0.3 is 6.18 Å². The first kappa shape index (κ1) is 14.6. The minimum Gasteiger partial charge on any atom is -0.355 e. The molecule has 2 fully saturated rings. The number of alkyl halides is 3. The van der Waals surface area contributed by atoms with E-state index in [1.54, 1.807) is 13.8 Å². The van der Waals surface area contributed by atoms with Crippen LogP contribution in [0, 0.1) is 16.2 Å². The van der Waals surface area contributed by atoms with Crippen molar-refractivity contribution < 1.29 is 18.0 Å². The van der Waals surface area contributed by atoms with Crippen molar-refractivity contribution in [3.63, 3.8) is 0 Å². The number of nitrogens with one attached hydrogen (secondary N) is 2. The predicted molar refractivity (Wildman–Crippen MR) is 64.3 cm³/mol. The van der Waals surface area contributed by atoms with Gasteiger partial charge in [-0.05, 0) is 20.3 Å². The molecule has 110 valence electrons. The van der Waals surface area contributed by atoms with Gasteiger partial charge in [0.1, 0.15) is 0 Å². The highest BCUT2D eigenvalue weighted by Gasteiger charge is 2.81. The zero-order valence-electron chi connectivity index (χ0n) is 11.2. The molecule has 1 saturated carbocycles. The van der Waals surface area contributed by atoms with E-state index in [9.17, 15) is 18.0 Å². The van der Waals surface area contributed by atoms with Gasteiger partial charge in [0.2, 0.25) is 5.91 Å². The molecule has 1 saturated heterocycles. The van der Waals surface area contributed by atoms with Gasteiger partial charge in [-0.3, -0.25) is 4.79 Å². The van der Waals surface area contributed by atoms with Crippen molar-refractivity contribution in [2.24, 2.45) is 22.0 Å². The van der Waals surface area contributed by atoms with Crippen molar-refractivity contribution in [1.82, 2.24) is 10.6 Å². The largest absolute Gasteiger partial charge is 0.396 e. The van der Waals surface area contributed by atoms with Gasteiger partial charge in [0, 0.05) is 31.6 Å². The van der Waals surface area contributed by atoms with Gasteiger partial charge in [0.15, 0.2) is 0 Å². The van der Waals surface area contributed by atoms with Crippen LogP contribution in [0.25, 0.3) is 0 Å². The summed E-state index contributed by atoms with van der Waals surface area (Å²) in [5.41, 5.74) is 2.20. The Balaban J connectivity index is 2.00. The van der Waals surface area contributed by atoms with Crippen LogP contribution >= 0.6 is 0 Å². The highest BCUT2D eigenvalue weighted by Crippen LogP contribution is 2.72. The van der Waals surface area contributed by atoms with Gasteiger partial charge in [-0.15, -0.1) is 0 Å². The quantitative estimate of drug-likeness (QED) is 0.707. The minimum absolute atomic E-state index is 0.0490. The van der Waals surface area contributed by atoms with Crippen molar-refractivity contribution in [2.45, 2.75) is 26.4 Å². The number of rotatable bonds is 4. The molecule has 2 atom stereocenters. The molecule has 1 aliphatic carbocycles. The molecule has 1 heterocycles. The summed E-state index contributed by atoms with van der Waals surface area (Å²) in [6, 6.07) is 0. The van der Waals surface area contributed by atoms with E-state index in [1.807, 2.05) is 0 Å². The highest BCUT2D eigenvalue weighted by atomic mass is 19.4. The Bertz CT molecular complexity index is 396. The van der Waals surface area contributed by atoms with Crippen molar-refractivity contribution in [3.05, 3.63) is 0 Å². The van der Waals surface area contributed by atoms with Crippen LogP contribution < -0.4 is 16.4 Å². The molecule has 0 spiro atoms. The van der Waals surface area contributed by atoms with E-state index < -0.39 is 22.4 Å². The maximum atomic E-state index is 13.1. The number of fused-ring (bicyclic) bond motifs is 1. The number of amides is 1. The summed E-state index contributed by atoms with van der Waals surface area (Å²) in [7, 11) is 0. The van der Waals surface area contributed by atoms with Gasteiger partial charge in [0.05, 0.1) is 10.8 Å². The zero-order chi connectivity index (χ0) is 14.5. The Labute approximate surface area is 110 Å². The topological polar surface area (TPSA) is 67.2 Å². The third-order valence-electron chi connectivity index (χ3n) is 4.68. The number of carbonyl (C=O) groups is 1. The van der Waals surface area contributed by atoms with Crippen LogP contribution in [0.3, 0.4) is 0 Å². The zero-order valence-corrected chi connectivity index (χ0v) is 11.2.